The molecule has 2 aromatic carbocycles. The maximum absolute atomic E-state index is 12.8. The third-order valence-electron chi connectivity index (χ3n) is 4.85. The Morgan fingerprint density at radius 2 is 1.90 bits per heavy atom. The lowest BCUT2D eigenvalue weighted by molar-refractivity contribution is -0.0515. The first-order chi connectivity index (χ1) is 15.0. The monoisotopic (exact) mass is 446 g/mol. The first kappa shape index (κ1) is 21.0. The van der Waals surface area contributed by atoms with Gasteiger partial charge in [-0.1, -0.05) is 0 Å². The molecule has 162 valence electrons. The summed E-state index contributed by atoms with van der Waals surface area (Å²) >= 11 is 1.48. The number of benzene rings is 2. The van der Waals surface area contributed by atoms with Gasteiger partial charge in [0.1, 0.15) is 0 Å². The molecular formula is C22H20F2N2O4S. The van der Waals surface area contributed by atoms with Gasteiger partial charge in [0.15, 0.2) is 11.5 Å². The van der Waals surface area contributed by atoms with E-state index in [0.717, 1.165) is 23.4 Å². The summed E-state index contributed by atoms with van der Waals surface area (Å²) in [5, 5.41) is 9.17. The molecule has 1 heterocycles. The zero-order valence-electron chi connectivity index (χ0n) is 16.4. The van der Waals surface area contributed by atoms with Crippen LogP contribution in [0.5, 0.6) is 11.5 Å². The van der Waals surface area contributed by atoms with Crippen LogP contribution < -0.4 is 14.4 Å². The smallest absolute Gasteiger partial charge is 0.387 e. The second kappa shape index (κ2) is 9.30. The van der Waals surface area contributed by atoms with Crippen molar-refractivity contribution in [3.8, 4) is 11.5 Å². The fraction of sp³-hybridized carbons (Fsp3) is 0.273. The van der Waals surface area contributed by atoms with Crippen LogP contribution in [-0.4, -0.2) is 29.3 Å². The Morgan fingerprint density at radius 3 is 2.52 bits per heavy atom. The molecule has 6 nitrogen and oxygen atoms in total. The number of hydrogen-bond donors (Lipinski definition) is 1. The number of aromatic carboxylic acids is 1. The Bertz CT molecular complexity index is 1020. The summed E-state index contributed by atoms with van der Waals surface area (Å²) in [7, 11) is 0. The van der Waals surface area contributed by atoms with E-state index < -0.39 is 12.6 Å². The minimum atomic E-state index is -2.95. The van der Waals surface area contributed by atoms with E-state index in [2.05, 4.69) is 9.72 Å². The molecule has 0 spiro atoms. The number of halogens is 2. The van der Waals surface area contributed by atoms with Gasteiger partial charge in [-0.3, -0.25) is 4.98 Å². The fourth-order valence-corrected chi connectivity index (χ4v) is 3.64. The van der Waals surface area contributed by atoms with E-state index in [1.54, 1.807) is 36.0 Å². The van der Waals surface area contributed by atoms with Crippen molar-refractivity contribution in [3.63, 3.8) is 0 Å². The molecule has 1 aliphatic carbocycles. The van der Waals surface area contributed by atoms with Gasteiger partial charge in [-0.05, 0) is 55.2 Å². The maximum atomic E-state index is 12.8. The van der Waals surface area contributed by atoms with Crippen LogP contribution in [0.15, 0.2) is 54.2 Å². The Balaban J connectivity index is 1.68. The molecule has 0 saturated heterocycles. The van der Waals surface area contributed by atoms with Crippen molar-refractivity contribution in [1.82, 2.24) is 4.98 Å². The van der Waals surface area contributed by atoms with E-state index in [1.165, 1.54) is 29.5 Å². The minimum absolute atomic E-state index is 0.0154. The van der Waals surface area contributed by atoms with Gasteiger partial charge in [0, 0.05) is 28.5 Å². The molecule has 1 fully saturated rings. The van der Waals surface area contributed by atoms with Crippen LogP contribution in [0.25, 0.3) is 0 Å². The minimum Gasteiger partial charge on any atom is -0.489 e. The second-order valence-electron chi connectivity index (χ2n) is 7.17. The Morgan fingerprint density at radius 1 is 1.16 bits per heavy atom. The summed E-state index contributed by atoms with van der Waals surface area (Å²) < 4.78 is 36.1. The third-order valence-corrected chi connectivity index (χ3v) is 5.61. The molecule has 0 bridgehead atoms. The number of ether oxygens (including phenoxy) is 2. The van der Waals surface area contributed by atoms with Gasteiger partial charge in [-0.25, -0.2) is 4.79 Å². The number of carboxylic acids is 1. The summed E-state index contributed by atoms with van der Waals surface area (Å²) in [5.74, 6) is -0.329. The highest BCUT2D eigenvalue weighted by Gasteiger charge is 2.24. The largest absolute Gasteiger partial charge is 0.489 e. The molecule has 0 aliphatic heterocycles. The summed E-state index contributed by atoms with van der Waals surface area (Å²) in [4.78, 5) is 18.2. The van der Waals surface area contributed by atoms with Crippen molar-refractivity contribution >= 4 is 28.7 Å². The third kappa shape index (κ3) is 5.49. The van der Waals surface area contributed by atoms with Gasteiger partial charge in [-0.15, -0.1) is 11.3 Å². The van der Waals surface area contributed by atoms with Gasteiger partial charge in [-0.2, -0.15) is 8.78 Å². The van der Waals surface area contributed by atoms with Crippen molar-refractivity contribution in [2.75, 3.05) is 11.5 Å². The Hall–Kier alpha value is -3.20. The van der Waals surface area contributed by atoms with E-state index in [-0.39, 0.29) is 17.1 Å². The van der Waals surface area contributed by atoms with Crippen molar-refractivity contribution in [3.05, 3.63) is 64.6 Å². The number of nitrogens with zero attached hydrogens (tertiary/aromatic N) is 2. The van der Waals surface area contributed by atoms with Crippen LogP contribution in [-0.2, 0) is 6.54 Å². The molecule has 0 unspecified atom stereocenters. The number of carboxylic acid groups (broad SMARTS) is 1. The van der Waals surface area contributed by atoms with Gasteiger partial charge >= 0.3 is 12.6 Å². The van der Waals surface area contributed by atoms with Crippen LogP contribution in [0, 0.1) is 5.92 Å². The SMILES string of the molecule is O=C(O)c1ccc(N(Cc2cncs2)c2ccc(OC(F)F)c(OCC3CC3)c2)cc1. The van der Waals surface area contributed by atoms with E-state index in [4.69, 9.17) is 4.74 Å². The fourth-order valence-electron chi connectivity index (χ4n) is 3.05. The predicted molar refractivity (Wildman–Crippen MR) is 113 cm³/mol. The van der Waals surface area contributed by atoms with Crippen molar-refractivity contribution in [2.24, 2.45) is 5.92 Å². The lowest BCUT2D eigenvalue weighted by Gasteiger charge is -2.26. The topological polar surface area (TPSA) is 71.9 Å². The second-order valence-corrected chi connectivity index (χ2v) is 8.14. The molecule has 0 radical (unpaired) electrons. The van der Waals surface area contributed by atoms with E-state index in [1.807, 2.05) is 4.90 Å². The molecule has 4 rings (SSSR count). The average molecular weight is 446 g/mol. The molecule has 1 saturated carbocycles. The summed E-state index contributed by atoms with van der Waals surface area (Å²) in [6, 6.07) is 11.3. The lowest BCUT2D eigenvalue weighted by atomic mass is 10.1. The van der Waals surface area contributed by atoms with Crippen LogP contribution in [0.4, 0.5) is 20.2 Å². The summed E-state index contributed by atoms with van der Waals surface area (Å²) in [5.41, 5.74) is 3.35. The van der Waals surface area contributed by atoms with Crippen molar-refractivity contribution in [2.45, 2.75) is 26.0 Å². The highest BCUT2D eigenvalue weighted by atomic mass is 32.1. The number of alkyl halides is 2. The van der Waals surface area contributed by atoms with Gasteiger partial charge in [0.25, 0.3) is 0 Å². The summed E-state index contributed by atoms with van der Waals surface area (Å²) in [6.45, 7) is -2.04. The molecule has 0 amide bonds. The van der Waals surface area contributed by atoms with Crippen LogP contribution >= 0.6 is 11.3 Å². The first-order valence-corrected chi connectivity index (χ1v) is 10.6. The molecule has 9 heteroatoms. The Labute approximate surface area is 181 Å². The summed E-state index contributed by atoms with van der Waals surface area (Å²) in [6.07, 6.45) is 3.89. The van der Waals surface area contributed by atoms with E-state index in [9.17, 15) is 18.7 Å². The van der Waals surface area contributed by atoms with Crippen molar-refractivity contribution < 1.29 is 28.2 Å². The van der Waals surface area contributed by atoms with Gasteiger partial charge in [0.2, 0.25) is 0 Å². The normalized spacial score (nSPS) is 13.3. The highest BCUT2D eigenvalue weighted by molar-refractivity contribution is 7.09. The van der Waals surface area contributed by atoms with Crippen LogP contribution in [0.2, 0.25) is 0 Å². The molecule has 1 aromatic heterocycles. The zero-order valence-corrected chi connectivity index (χ0v) is 17.2. The molecule has 0 atom stereocenters. The van der Waals surface area contributed by atoms with Crippen LogP contribution in [0.1, 0.15) is 28.1 Å². The van der Waals surface area contributed by atoms with Crippen LogP contribution in [0.3, 0.4) is 0 Å². The predicted octanol–water partition coefficient (Wildman–Crippen LogP) is 5.57. The number of anilines is 2. The molecule has 3 aromatic rings. The molecule has 31 heavy (non-hydrogen) atoms. The lowest BCUT2D eigenvalue weighted by Crippen LogP contribution is -2.16. The number of aromatic nitrogens is 1. The molecule has 1 N–H and O–H groups in total. The molecular weight excluding hydrogens is 426 g/mol. The highest BCUT2D eigenvalue weighted by Crippen LogP contribution is 2.38. The number of carbonyl (C=O) groups is 1. The number of rotatable bonds is 10. The maximum Gasteiger partial charge on any atom is 0.387 e. The van der Waals surface area contributed by atoms with E-state index in [0.29, 0.717) is 24.8 Å². The quantitative estimate of drug-likeness (QED) is 0.439. The standard InChI is InChI=1S/C22H20F2N2O4S/c23-22(24)30-19-8-7-17(9-20(19)29-12-14-1-2-14)26(11-18-10-25-13-31-18)16-5-3-15(4-6-16)21(27)28/h3-10,13-14,22H,1-2,11-12H2,(H,27,28). The zero-order chi connectivity index (χ0) is 21.8. The van der Waals surface area contributed by atoms with Gasteiger partial charge < -0.3 is 19.5 Å². The average Bonchev–Trinajstić information content (AvgIpc) is 3.44. The van der Waals surface area contributed by atoms with Crippen molar-refractivity contribution in [1.29, 1.82) is 0 Å². The molecule has 1 aliphatic rings. The van der Waals surface area contributed by atoms with E-state index >= 15 is 0 Å². The number of hydrogen-bond acceptors (Lipinski definition) is 6. The number of thiazole rings is 1. The first-order valence-electron chi connectivity index (χ1n) is 9.69. The van der Waals surface area contributed by atoms with Gasteiger partial charge in [0.05, 0.1) is 24.2 Å². The Kier molecular flexibility index (Phi) is 6.31.